The van der Waals surface area contributed by atoms with Crippen LogP contribution in [0.25, 0.3) is 0 Å². The molecule has 20 heavy (non-hydrogen) atoms. The van der Waals surface area contributed by atoms with Gasteiger partial charge in [-0.05, 0) is 6.92 Å². The summed E-state index contributed by atoms with van der Waals surface area (Å²) in [6, 6.07) is 0. The van der Waals surface area contributed by atoms with Gasteiger partial charge in [0.1, 0.15) is 0 Å². The molecule has 1 aromatic carbocycles. The van der Waals surface area contributed by atoms with Crippen molar-refractivity contribution in [3.8, 4) is 0 Å². The van der Waals surface area contributed by atoms with Crippen molar-refractivity contribution in [2.75, 3.05) is 21.3 Å². The van der Waals surface area contributed by atoms with E-state index in [1.807, 2.05) is 0 Å². The fraction of sp³-hybridized carbons (Fsp3) is 0.455. The number of aliphatic hydroxyl groups is 4. The van der Waals surface area contributed by atoms with Gasteiger partial charge in [-0.25, -0.2) is 17.6 Å². The van der Waals surface area contributed by atoms with Crippen LogP contribution in [0.15, 0.2) is 0 Å². The Morgan fingerprint density at radius 2 is 0.950 bits per heavy atom. The van der Waals surface area contributed by atoms with Gasteiger partial charge < -0.3 is 20.4 Å². The number of rotatable bonds is 1. The molecule has 4 nitrogen and oxygen atoms in total. The van der Waals surface area contributed by atoms with Crippen molar-refractivity contribution in [2.24, 2.45) is 0 Å². The molecule has 0 aliphatic heterocycles. The molecule has 1 rings (SSSR count). The number of halogens is 4. The minimum atomic E-state index is -1.54. The van der Waals surface area contributed by atoms with E-state index in [1.54, 1.807) is 0 Å². The minimum absolute atomic E-state index is 0. The van der Waals surface area contributed by atoms with Gasteiger partial charge in [0.25, 0.3) is 0 Å². The van der Waals surface area contributed by atoms with Crippen molar-refractivity contribution in [1.82, 2.24) is 0 Å². The van der Waals surface area contributed by atoms with Gasteiger partial charge in [-0.3, -0.25) is 0 Å². The summed E-state index contributed by atoms with van der Waals surface area (Å²) in [7, 11) is 3.00. The summed E-state index contributed by atoms with van der Waals surface area (Å²) in [5.41, 5.74) is -1.72. The molecule has 0 aromatic heterocycles. The van der Waals surface area contributed by atoms with Gasteiger partial charge >= 0.3 is 0 Å². The summed E-state index contributed by atoms with van der Waals surface area (Å²) in [5, 5.41) is 29.4. The zero-order valence-electron chi connectivity index (χ0n) is 11.5. The van der Waals surface area contributed by atoms with Crippen molar-refractivity contribution in [3.63, 3.8) is 0 Å². The molecule has 0 amide bonds. The quantitative estimate of drug-likeness (QED) is 0.430. The summed E-state index contributed by atoms with van der Waals surface area (Å²) in [5.74, 6) is -6.02. The fourth-order valence-electron chi connectivity index (χ4n) is 0.926. The van der Waals surface area contributed by atoms with Gasteiger partial charge in [-0.2, -0.15) is 0 Å². The molecule has 0 saturated carbocycles. The molecule has 0 heterocycles. The van der Waals surface area contributed by atoms with Crippen LogP contribution >= 0.6 is 0 Å². The Hall–Kier alpha value is -0.337. The van der Waals surface area contributed by atoms with Gasteiger partial charge in [0.05, 0.1) is 12.2 Å². The third-order valence-corrected chi connectivity index (χ3v) is 1.73. The normalized spacial score (nSPS) is 7.80. The predicted molar refractivity (Wildman–Crippen MR) is 61.4 cm³/mol. The zero-order chi connectivity index (χ0) is 16.2. The van der Waals surface area contributed by atoms with Crippen LogP contribution in [0.4, 0.5) is 17.6 Å². The summed E-state index contributed by atoms with van der Waals surface area (Å²) in [4.78, 5) is 0. The molecule has 1 aromatic rings. The first kappa shape index (κ1) is 27.9. The Labute approximate surface area is 133 Å². The number of aliphatic hydroxyl groups excluding tert-OH is 4. The predicted octanol–water partition coefficient (Wildman–Crippen LogP) is 0.867. The van der Waals surface area contributed by atoms with Crippen LogP contribution in [0.2, 0.25) is 0 Å². The summed E-state index contributed by atoms with van der Waals surface area (Å²) >= 11 is 0. The monoisotopic (exact) mass is 380 g/mol. The van der Waals surface area contributed by atoms with Gasteiger partial charge in [-0.1, -0.05) is 0 Å². The molecule has 0 atom stereocenters. The molecule has 0 spiro atoms. The van der Waals surface area contributed by atoms with Crippen LogP contribution in [-0.2, 0) is 32.8 Å². The van der Waals surface area contributed by atoms with Gasteiger partial charge in [-0.15, -0.1) is 0 Å². The summed E-state index contributed by atoms with van der Waals surface area (Å²) in [6.07, 6.45) is 0. The second kappa shape index (κ2) is 16.7. The maximum Gasteiger partial charge on any atom is 0.167 e. The first-order valence-electron chi connectivity index (χ1n) is 4.77. The Bertz CT molecular complexity index is 336. The molecule has 118 valence electrons. The van der Waals surface area contributed by atoms with E-state index >= 15 is 0 Å². The number of benzene rings is 1. The Morgan fingerprint density at radius 1 is 0.700 bits per heavy atom. The van der Waals surface area contributed by atoms with Crippen LogP contribution in [0.3, 0.4) is 0 Å². The Kier molecular flexibility index (Phi) is 23.3. The number of hydrogen-bond donors (Lipinski definition) is 4. The molecule has 0 bridgehead atoms. The van der Waals surface area contributed by atoms with Crippen LogP contribution in [0.1, 0.15) is 11.1 Å². The van der Waals surface area contributed by atoms with Crippen molar-refractivity contribution in [2.45, 2.75) is 13.5 Å². The second-order valence-electron chi connectivity index (χ2n) is 2.52. The van der Waals surface area contributed by atoms with E-state index in [1.165, 1.54) is 0 Å². The summed E-state index contributed by atoms with van der Waals surface area (Å²) in [6.45, 7) is -0.163. The standard InChI is InChI=1S/C8H6F4O.3CH4O.Zr/c1-3-5(9)7(11)4(2-13)8(12)6(3)10;3*1-2;/h13H,2H2,1H3;3*2H,1H3;. The third-order valence-electron chi connectivity index (χ3n) is 1.73. The zero-order valence-corrected chi connectivity index (χ0v) is 14.0. The van der Waals surface area contributed by atoms with E-state index < -0.39 is 41.0 Å². The maximum absolute atomic E-state index is 12.8. The molecule has 4 N–H and O–H groups in total. The van der Waals surface area contributed by atoms with E-state index in [2.05, 4.69) is 0 Å². The number of hydrogen-bond acceptors (Lipinski definition) is 4. The van der Waals surface area contributed by atoms with Gasteiger partial charge in [0.15, 0.2) is 23.3 Å². The van der Waals surface area contributed by atoms with E-state index in [0.29, 0.717) is 0 Å². The second-order valence-corrected chi connectivity index (χ2v) is 2.52. The van der Waals surface area contributed by atoms with Crippen LogP contribution in [0, 0.1) is 30.2 Å². The SMILES string of the molecule is CO.CO.CO.Cc1c(F)c(F)c(CO)c(F)c1F.[Zr]. The molecule has 0 aliphatic rings. The molecule has 9 heteroatoms. The molecule has 0 unspecified atom stereocenters. The third kappa shape index (κ3) is 7.45. The van der Waals surface area contributed by atoms with Crippen molar-refractivity contribution in [1.29, 1.82) is 0 Å². The van der Waals surface area contributed by atoms with E-state index in [9.17, 15) is 17.6 Å². The fourth-order valence-corrected chi connectivity index (χ4v) is 0.926. The molecular formula is C11H18F4O4Zr. The van der Waals surface area contributed by atoms with Crippen LogP contribution < -0.4 is 0 Å². The Balaban J connectivity index is -0.000000162. The molecular weight excluding hydrogens is 363 g/mol. The molecule has 0 saturated heterocycles. The average molecular weight is 381 g/mol. The molecule has 0 fully saturated rings. The smallest absolute Gasteiger partial charge is 0.167 e. The minimum Gasteiger partial charge on any atom is -0.400 e. The van der Waals surface area contributed by atoms with Gasteiger partial charge in [0.2, 0.25) is 0 Å². The van der Waals surface area contributed by atoms with E-state index in [0.717, 1.165) is 28.3 Å². The summed E-state index contributed by atoms with van der Waals surface area (Å²) < 4.78 is 51.0. The first-order valence-corrected chi connectivity index (χ1v) is 4.77. The van der Waals surface area contributed by atoms with E-state index in [-0.39, 0.29) is 26.2 Å². The van der Waals surface area contributed by atoms with E-state index in [4.69, 9.17) is 20.4 Å². The van der Waals surface area contributed by atoms with Crippen LogP contribution in [0.5, 0.6) is 0 Å². The molecule has 0 radical (unpaired) electrons. The average Bonchev–Trinajstić information content (AvgIpc) is 2.50. The topological polar surface area (TPSA) is 80.9 Å². The van der Waals surface area contributed by atoms with Crippen molar-refractivity contribution in [3.05, 3.63) is 34.4 Å². The molecule has 0 aliphatic carbocycles. The van der Waals surface area contributed by atoms with Gasteiger partial charge in [0, 0.05) is 53.1 Å². The first-order chi connectivity index (χ1) is 9.00. The van der Waals surface area contributed by atoms with Crippen molar-refractivity contribution >= 4 is 0 Å². The Morgan fingerprint density at radius 3 is 1.15 bits per heavy atom. The largest absolute Gasteiger partial charge is 0.400 e. The van der Waals surface area contributed by atoms with Crippen LogP contribution in [-0.4, -0.2) is 41.8 Å². The van der Waals surface area contributed by atoms with Crippen molar-refractivity contribution < 1.29 is 64.2 Å². The maximum atomic E-state index is 12.8.